The average molecular weight is 261 g/mol. The van der Waals surface area contributed by atoms with Gasteiger partial charge in [-0.1, -0.05) is 20.8 Å². The van der Waals surface area contributed by atoms with Gasteiger partial charge in [0.05, 0.1) is 5.56 Å². The largest absolute Gasteiger partial charge is 0.480 e. The first-order chi connectivity index (χ1) is 8.75. The second kappa shape index (κ2) is 5.48. The van der Waals surface area contributed by atoms with Crippen LogP contribution in [0.25, 0.3) is 0 Å². The molecule has 6 nitrogen and oxygen atoms in total. The van der Waals surface area contributed by atoms with Crippen LogP contribution in [0.2, 0.25) is 0 Å². The summed E-state index contributed by atoms with van der Waals surface area (Å²) >= 11 is 0. The number of carbonyl (C=O) groups excluding carboxylic acids is 1. The fourth-order valence-corrected chi connectivity index (χ4v) is 1.45. The van der Waals surface area contributed by atoms with Crippen molar-refractivity contribution in [3.05, 3.63) is 29.6 Å². The van der Waals surface area contributed by atoms with E-state index in [0.717, 1.165) is 0 Å². The van der Waals surface area contributed by atoms with Crippen molar-refractivity contribution in [2.24, 2.45) is 5.41 Å². The molecule has 0 bridgehead atoms. The number of hydrogen-bond donors (Lipinski definition) is 2. The van der Waals surface area contributed by atoms with Crippen molar-refractivity contribution in [3.63, 3.8) is 0 Å². The molecule has 0 radical (unpaired) electrons. The van der Waals surface area contributed by atoms with E-state index in [9.17, 15) is 9.59 Å². The van der Waals surface area contributed by atoms with Gasteiger partial charge in [0, 0.05) is 6.20 Å². The van der Waals surface area contributed by atoms with Gasteiger partial charge in [0.25, 0.3) is 5.91 Å². The average Bonchev–Trinajstić information content (AvgIpc) is 2.34. The third kappa shape index (κ3) is 3.78. The van der Waals surface area contributed by atoms with Gasteiger partial charge in [-0.2, -0.15) is 5.26 Å². The number of aliphatic carboxylic acids is 1. The Morgan fingerprint density at radius 1 is 1.42 bits per heavy atom. The molecule has 19 heavy (non-hydrogen) atoms. The number of carboxylic acids is 1. The van der Waals surface area contributed by atoms with E-state index in [1.54, 1.807) is 20.8 Å². The molecule has 1 aromatic rings. The number of nitrogens with zero attached hydrogens (tertiary/aromatic N) is 2. The fourth-order valence-electron chi connectivity index (χ4n) is 1.45. The van der Waals surface area contributed by atoms with Crippen molar-refractivity contribution >= 4 is 11.9 Å². The van der Waals surface area contributed by atoms with E-state index in [1.165, 1.54) is 18.3 Å². The van der Waals surface area contributed by atoms with Crippen LogP contribution in [0.3, 0.4) is 0 Å². The Labute approximate surface area is 111 Å². The number of carbonyl (C=O) groups is 2. The van der Waals surface area contributed by atoms with E-state index < -0.39 is 23.3 Å². The van der Waals surface area contributed by atoms with E-state index >= 15 is 0 Å². The summed E-state index contributed by atoms with van der Waals surface area (Å²) in [7, 11) is 0. The Kier molecular flexibility index (Phi) is 4.22. The third-order valence-corrected chi connectivity index (χ3v) is 2.51. The van der Waals surface area contributed by atoms with Crippen molar-refractivity contribution in [3.8, 4) is 6.07 Å². The number of aromatic nitrogens is 1. The number of amides is 1. The number of nitrogens with one attached hydrogen (secondary N) is 1. The Balaban J connectivity index is 2.88. The summed E-state index contributed by atoms with van der Waals surface area (Å²) in [4.78, 5) is 26.8. The Morgan fingerprint density at radius 3 is 2.42 bits per heavy atom. The van der Waals surface area contributed by atoms with Crippen LogP contribution >= 0.6 is 0 Å². The molecule has 0 saturated heterocycles. The standard InChI is InChI=1S/C13H15N3O3/c1-13(2,3)10(12(18)19)16-11(17)9-5-4-8(6-14)7-15-9/h4-5,7,10H,1-3H3,(H,16,17)(H,18,19)/t10-/m1/s1. The van der Waals surface area contributed by atoms with Crippen molar-refractivity contribution in [2.45, 2.75) is 26.8 Å². The minimum absolute atomic E-state index is 0.0782. The molecular formula is C13H15N3O3. The molecule has 0 saturated carbocycles. The minimum atomic E-state index is -1.10. The van der Waals surface area contributed by atoms with E-state index in [4.69, 9.17) is 10.4 Å². The molecule has 1 heterocycles. The second-order valence-electron chi connectivity index (χ2n) is 5.15. The molecule has 2 N–H and O–H groups in total. The number of pyridine rings is 1. The molecule has 100 valence electrons. The van der Waals surface area contributed by atoms with E-state index in [0.29, 0.717) is 5.56 Å². The van der Waals surface area contributed by atoms with Gasteiger partial charge < -0.3 is 10.4 Å². The summed E-state index contributed by atoms with van der Waals surface area (Å²) in [6.07, 6.45) is 1.27. The molecule has 0 aliphatic rings. The van der Waals surface area contributed by atoms with Crippen LogP contribution < -0.4 is 5.32 Å². The summed E-state index contributed by atoms with van der Waals surface area (Å²) < 4.78 is 0. The maximum absolute atomic E-state index is 11.9. The van der Waals surface area contributed by atoms with Gasteiger partial charge in [0.2, 0.25) is 0 Å². The molecule has 0 aliphatic carbocycles. The molecule has 6 heteroatoms. The highest BCUT2D eigenvalue weighted by molar-refractivity contribution is 5.95. The normalized spacial score (nSPS) is 12.3. The lowest BCUT2D eigenvalue weighted by Crippen LogP contribution is -2.49. The zero-order valence-electron chi connectivity index (χ0n) is 11.0. The predicted octanol–water partition coefficient (Wildman–Crippen LogP) is 1.18. The number of nitriles is 1. The van der Waals surface area contributed by atoms with Gasteiger partial charge in [-0.25, -0.2) is 9.78 Å². The Morgan fingerprint density at radius 2 is 2.05 bits per heavy atom. The van der Waals surface area contributed by atoms with E-state index in [1.807, 2.05) is 6.07 Å². The number of carboxylic acid groups (broad SMARTS) is 1. The van der Waals surface area contributed by atoms with Crippen LogP contribution in [0.4, 0.5) is 0 Å². The van der Waals surface area contributed by atoms with E-state index in [2.05, 4.69) is 10.3 Å². The van der Waals surface area contributed by atoms with Crippen molar-refractivity contribution < 1.29 is 14.7 Å². The van der Waals surface area contributed by atoms with Gasteiger partial charge in [-0.3, -0.25) is 4.79 Å². The van der Waals surface area contributed by atoms with Crippen molar-refractivity contribution in [1.29, 1.82) is 5.26 Å². The van der Waals surface area contributed by atoms with Gasteiger partial charge in [-0.15, -0.1) is 0 Å². The van der Waals surface area contributed by atoms with Crippen LogP contribution in [0, 0.1) is 16.7 Å². The first-order valence-electron chi connectivity index (χ1n) is 5.65. The third-order valence-electron chi connectivity index (χ3n) is 2.51. The van der Waals surface area contributed by atoms with Crippen LogP contribution in [0.5, 0.6) is 0 Å². The lowest BCUT2D eigenvalue weighted by molar-refractivity contribution is -0.142. The molecule has 1 aromatic heterocycles. The summed E-state index contributed by atoms with van der Waals surface area (Å²) in [6, 6.07) is 3.71. The summed E-state index contributed by atoms with van der Waals surface area (Å²) in [5.74, 6) is -1.68. The Hall–Kier alpha value is -2.42. The van der Waals surface area contributed by atoms with Gasteiger partial charge in [-0.05, 0) is 17.5 Å². The maximum Gasteiger partial charge on any atom is 0.326 e. The minimum Gasteiger partial charge on any atom is -0.480 e. The molecule has 0 fully saturated rings. The lowest BCUT2D eigenvalue weighted by atomic mass is 9.86. The monoisotopic (exact) mass is 261 g/mol. The first-order valence-corrected chi connectivity index (χ1v) is 5.65. The Bertz CT molecular complexity index is 524. The smallest absolute Gasteiger partial charge is 0.326 e. The summed E-state index contributed by atoms with van der Waals surface area (Å²) in [5, 5.41) is 20.2. The molecule has 1 atom stereocenters. The van der Waals surface area contributed by atoms with Crippen molar-refractivity contribution in [2.75, 3.05) is 0 Å². The lowest BCUT2D eigenvalue weighted by Gasteiger charge is -2.27. The number of rotatable bonds is 3. The molecule has 0 spiro atoms. The maximum atomic E-state index is 11.9. The quantitative estimate of drug-likeness (QED) is 0.850. The predicted molar refractivity (Wildman–Crippen MR) is 67.3 cm³/mol. The highest BCUT2D eigenvalue weighted by Crippen LogP contribution is 2.19. The first kappa shape index (κ1) is 14.6. The number of hydrogen-bond acceptors (Lipinski definition) is 4. The SMILES string of the molecule is CC(C)(C)[C@H](NC(=O)c1ccc(C#N)cn1)C(=O)O. The summed E-state index contributed by atoms with van der Waals surface area (Å²) in [5.41, 5.74) is -0.203. The molecule has 0 aromatic carbocycles. The van der Waals surface area contributed by atoms with Gasteiger partial charge >= 0.3 is 5.97 Å². The van der Waals surface area contributed by atoms with Crippen LogP contribution in [-0.4, -0.2) is 28.0 Å². The molecule has 0 unspecified atom stereocenters. The van der Waals surface area contributed by atoms with Gasteiger partial charge in [0.1, 0.15) is 17.8 Å². The fraction of sp³-hybridized carbons (Fsp3) is 0.385. The summed E-state index contributed by atoms with van der Waals surface area (Å²) in [6.45, 7) is 5.16. The van der Waals surface area contributed by atoms with Gasteiger partial charge in [0.15, 0.2) is 0 Å². The highest BCUT2D eigenvalue weighted by Gasteiger charge is 2.32. The zero-order chi connectivity index (χ0) is 14.6. The highest BCUT2D eigenvalue weighted by atomic mass is 16.4. The zero-order valence-corrected chi connectivity index (χ0v) is 11.0. The topological polar surface area (TPSA) is 103 Å². The van der Waals surface area contributed by atoms with E-state index in [-0.39, 0.29) is 5.69 Å². The van der Waals surface area contributed by atoms with Crippen molar-refractivity contribution in [1.82, 2.24) is 10.3 Å². The van der Waals surface area contributed by atoms with Crippen LogP contribution in [0.15, 0.2) is 18.3 Å². The van der Waals surface area contributed by atoms with Crippen LogP contribution in [-0.2, 0) is 4.79 Å². The molecule has 1 amide bonds. The molecule has 1 rings (SSSR count). The molecular weight excluding hydrogens is 246 g/mol. The molecule has 0 aliphatic heterocycles. The second-order valence-corrected chi connectivity index (χ2v) is 5.15. The van der Waals surface area contributed by atoms with Crippen LogP contribution in [0.1, 0.15) is 36.8 Å².